The molecule has 15 heavy (non-hydrogen) atoms. The van der Waals surface area contributed by atoms with Crippen LogP contribution in [0, 0.1) is 5.82 Å². The van der Waals surface area contributed by atoms with E-state index < -0.39 is 11.4 Å². The lowest BCUT2D eigenvalue weighted by atomic mass is 10.1. The van der Waals surface area contributed by atoms with Crippen LogP contribution < -0.4 is 0 Å². The molecule has 3 nitrogen and oxygen atoms in total. The van der Waals surface area contributed by atoms with Crippen LogP contribution in [0.25, 0.3) is 5.65 Å². The van der Waals surface area contributed by atoms with Crippen LogP contribution in [0.15, 0.2) is 18.3 Å². The molecule has 0 atom stereocenters. The normalized spacial score (nSPS) is 12.3. The van der Waals surface area contributed by atoms with E-state index in [0.29, 0.717) is 11.3 Å². The van der Waals surface area contributed by atoms with Crippen molar-refractivity contribution in [1.82, 2.24) is 9.38 Å². The summed E-state index contributed by atoms with van der Waals surface area (Å²) in [6.07, 6.45) is 1.24. The third-order valence-electron chi connectivity index (χ3n) is 2.10. The van der Waals surface area contributed by atoms with Gasteiger partial charge in [0.05, 0.1) is 0 Å². The largest absolute Gasteiger partial charge is 0.384 e. The van der Waals surface area contributed by atoms with Crippen LogP contribution in [-0.4, -0.2) is 14.5 Å². The summed E-state index contributed by atoms with van der Waals surface area (Å²) in [7, 11) is 0. The first-order chi connectivity index (χ1) is 6.89. The molecule has 0 unspecified atom stereocenters. The lowest BCUT2D eigenvalue weighted by Gasteiger charge is -2.13. The summed E-state index contributed by atoms with van der Waals surface area (Å²) in [5.74, 6) is -0.399. The maximum Gasteiger partial charge on any atom is 0.139 e. The fraction of sp³-hybridized carbons (Fsp3) is 0.300. The SMILES string of the molecule is CC(C)(O)c1nc2ccc(F)cn2c1Cl. The maximum absolute atomic E-state index is 13.0. The van der Waals surface area contributed by atoms with Crippen molar-refractivity contribution in [2.24, 2.45) is 0 Å². The quantitative estimate of drug-likeness (QED) is 0.814. The van der Waals surface area contributed by atoms with E-state index in [1.165, 1.54) is 22.7 Å². The van der Waals surface area contributed by atoms with Gasteiger partial charge in [0, 0.05) is 6.20 Å². The first kappa shape index (κ1) is 10.4. The second-order valence-corrected chi connectivity index (χ2v) is 4.24. The molecule has 0 radical (unpaired) electrons. The molecule has 2 aromatic rings. The molecular formula is C10H10ClFN2O. The molecule has 5 heteroatoms. The van der Waals surface area contributed by atoms with E-state index in [-0.39, 0.29) is 5.15 Å². The van der Waals surface area contributed by atoms with Crippen LogP contribution in [0.4, 0.5) is 4.39 Å². The van der Waals surface area contributed by atoms with Gasteiger partial charge in [0.1, 0.15) is 27.9 Å². The summed E-state index contributed by atoms with van der Waals surface area (Å²) < 4.78 is 14.4. The Labute approximate surface area is 91.1 Å². The highest BCUT2D eigenvalue weighted by atomic mass is 35.5. The number of aromatic nitrogens is 2. The highest BCUT2D eigenvalue weighted by Gasteiger charge is 2.24. The lowest BCUT2D eigenvalue weighted by Crippen LogP contribution is -2.16. The third kappa shape index (κ3) is 1.70. The summed E-state index contributed by atoms with van der Waals surface area (Å²) in [4.78, 5) is 4.14. The number of nitrogens with zero attached hydrogens (tertiary/aromatic N) is 2. The summed E-state index contributed by atoms with van der Waals surface area (Å²) in [6.45, 7) is 3.16. The van der Waals surface area contributed by atoms with E-state index in [1.54, 1.807) is 13.8 Å². The van der Waals surface area contributed by atoms with E-state index in [1.807, 2.05) is 0 Å². The van der Waals surface area contributed by atoms with Gasteiger partial charge in [-0.3, -0.25) is 4.40 Å². The first-order valence-corrected chi connectivity index (χ1v) is 4.83. The van der Waals surface area contributed by atoms with Gasteiger partial charge in [-0.25, -0.2) is 9.37 Å². The van der Waals surface area contributed by atoms with Crippen LogP contribution in [0.5, 0.6) is 0 Å². The predicted octanol–water partition coefficient (Wildman–Crippen LogP) is 2.35. The molecule has 0 saturated heterocycles. The Hall–Kier alpha value is -1.13. The van der Waals surface area contributed by atoms with Gasteiger partial charge in [0.2, 0.25) is 0 Å². The Morgan fingerprint density at radius 3 is 2.73 bits per heavy atom. The molecule has 0 saturated carbocycles. The molecule has 0 bridgehead atoms. The molecule has 0 amide bonds. The van der Waals surface area contributed by atoms with Crippen molar-refractivity contribution >= 4 is 17.2 Å². The molecule has 2 heterocycles. The number of halogens is 2. The van der Waals surface area contributed by atoms with Crippen LogP contribution in [-0.2, 0) is 5.60 Å². The van der Waals surface area contributed by atoms with E-state index in [0.717, 1.165) is 0 Å². The highest BCUT2D eigenvalue weighted by Crippen LogP contribution is 2.27. The van der Waals surface area contributed by atoms with Crippen LogP contribution in [0.2, 0.25) is 5.15 Å². The monoisotopic (exact) mass is 228 g/mol. The molecule has 2 aromatic heterocycles. The molecule has 0 fully saturated rings. The Morgan fingerprint density at radius 2 is 2.13 bits per heavy atom. The van der Waals surface area contributed by atoms with Gasteiger partial charge in [-0.1, -0.05) is 11.6 Å². The Bertz CT molecular complexity index is 516. The highest BCUT2D eigenvalue weighted by molar-refractivity contribution is 6.30. The Morgan fingerprint density at radius 1 is 1.47 bits per heavy atom. The average Bonchev–Trinajstić information content (AvgIpc) is 2.43. The number of hydrogen-bond donors (Lipinski definition) is 1. The minimum Gasteiger partial charge on any atom is -0.384 e. The number of hydrogen-bond acceptors (Lipinski definition) is 2. The van der Waals surface area contributed by atoms with Crippen molar-refractivity contribution < 1.29 is 9.50 Å². The lowest BCUT2D eigenvalue weighted by molar-refractivity contribution is 0.0745. The molecule has 0 aliphatic rings. The number of aliphatic hydroxyl groups is 1. The second kappa shape index (κ2) is 3.18. The zero-order valence-corrected chi connectivity index (χ0v) is 9.09. The molecule has 2 rings (SSSR count). The number of fused-ring (bicyclic) bond motifs is 1. The summed E-state index contributed by atoms with van der Waals surface area (Å²) in [5.41, 5.74) is -0.284. The number of imidazole rings is 1. The van der Waals surface area contributed by atoms with Gasteiger partial charge < -0.3 is 5.11 Å². The Balaban J connectivity index is 2.76. The fourth-order valence-corrected chi connectivity index (χ4v) is 1.79. The zero-order valence-electron chi connectivity index (χ0n) is 8.33. The first-order valence-electron chi connectivity index (χ1n) is 4.45. The van der Waals surface area contributed by atoms with Gasteiger partial charge in [0.25, 0.3) is 0 Å². The zero-order chi connectivity index (χ0) is 11.2. The molecule has 1 N–H and O–H groups in total. The van der Waals surface area contributed by atoms with E-state index >= 15 is 0 Å². The second-order valence-electron chi connectivity index (χ2n) is 3.89. The fourth-order valence-electron chi connectivity index (χ4n) is 1.38. The summed E-state index contributed by atoms with van der Waals surface area (Å²) in [5, 5.41) is 10.0. The maximum atomic E-state index is 13.0. The molecule has 0 aromatic carbocycles. The van der Waals surface area contributed by atoms with Gasteiger partial charge in [-0.15, -0.1) is 0 Å². The van der Waals surface area contributed by atoms with Crippen LogP contribution in [0.3, 0.4) is 0 Å². The van der Waals surface area contributed by atoms with Crippen molar-refractivity contribution in [2.45, 2.75) is 19.4 Å². The standard InChI is InChI=1S/C10H10ClFN2O/c1-10(2,15)8-9(11)14-5-6(12)3-4-7(14)13-8/h3-5,15H,1-2H3. The van der Waals surface area contributed by atoms with Crippen LogP contribution in [0.1, 0.15) is 19.5 Å². The topological polar surface area (TPSA) is 37.5 Å². The molecule has 0 aliphatic carbocycles. The minimum absolute atomic E-state index is 0.233. The molecule has 0 spiro atoms. The molecule has 80 valence electrons. The van der Waals surface area contributed by atoms with Crippen molar-refractivity contribution in [2.75, 3.05) is 0 Å². The van der Waals surface area contributed by atoms with E-state index in [2.05, 4.69) is 4.98 Å². The van der Waals surface area contributed by atoms with Crippen molar-refractivity contribution in [1.29, 1.82) is 0 Å². The summed E-state index contributed by atoms with van der Waals surface area (Å²) >= 11 is 5.99. The van der Waals surface area contributed by atoms with E-state index in [4.69, 9.17) is 11.6 Å². The minimum atomic E-state index is -1.14. The predicted molar refractivity (Wildman–Crippen MR) is 55.4 cm³/mol. The van der Waals surface area contributed by atoms with Gasteiger partial charge in [-0.05, 0) is 26.0 Å². The van der Waals surface area contributed by atoms with Gasteiger partial charge in [0.15, 0.2) is 0 Å². The van der Waals surface area contributed by atoms with Crippen molar-refractivity contribution in [3.63, 3.8) is 0 Å². The third-order valence-corrected chi connectivity index (χ3v) is 2.46. The number of rotatable bonds is 1. The smallest absolute Gasteiger partial charge is 0.139 e. The van der Waals surface area contributed by atoms with Crippen LogP contribution >= 0.6 is 11.6 Å². The number of pyridine rings is 1. The molecular weight excluding hydrogens is 219 g/mol. The van der Waals surface area contributed by atoms with Crippen molar-refractivity contribution in [3.05, 3.63) is 35.0 Å². The van der Waals surface area contributed by atoms with Gasteiger partial charge >= 0.3 is 0 Å². The molecule has 0 aliphatic heterocycles. The van der Waals surface area contributed by atoms with E-state index in [9.17, 15) is 9.50 Å². The van der Waals surface area contributed by atoms with Crippen molar-refractivity contribution in [3.8, 4) is 0 Å². The summed E-state index contributed by atoms with van der Waals surface area (Å²) in [6, 6.07) is 2.81. The average molecular weight is 229 g/mol. The van der Waals surface area contributed by atoms with Gasteiger partial charge in [-0.2, -0.15) is 0 Å². The Kier molecular flexibility index (Phi) is 2.20.